The molecule has 1 aliphatic rings. The molecule has 2 N–H and O–H groups in total. The van der Waals surface area contributed by atoms with Gasteiger partial charge in [-0.1, -0.05) is 44.2 Å². The van der Waals surface area contributed by atoms with Crippen LogP contribution in [-0.4, -0.2) is 34.8 Å². The number of hydrogen-bond donors (Lipinski definition) is 2. The fraction of sp³-hybridized carbons (Fsp3) is 0.333. The molecule has 0 saturated carbocycles. The van der Waals surface area contributed by atoms with Gasteiger partial charge in [-0.25, -0.2) is 0 Å². The number of nitrogens with one attached hydrogen (secondary N) is 2. The van der Waals surface area contributed by atoms with E-state index in [4.69, 9.17) is 0 Å². The molecule has 0 aliphatic carbocycles. The fourth-order valence-corrected chi connectivity index (χ4v) is 3.95. The Kier molecular flexibility index (Phi) is 5.38. The molecule has 1 fully saturated rings. The van der Waals surface area contributed by atoms with Gasteiger partial charge in [0, 0.05) is 42.3 Å². The monoisotopic (exact) mass is 389 g/mol. The van der Waals surface area contributed by atoms with E-state index in [0.717, 1.165) is 17.6 Å². The number of rotatable bonds is 6. The molecule has 4 rings (SSSR count). The minimum Gasteiger partial charge on any atom is -0.361 e. The molecule has 0 spiro atoms. The highest BCUT2D eigenvalue weighted by atomic mass is 16.2. The number of amides is 2. The van der Waals surface area contributed by atoms with Gasteiger partial charge in [0.1, 0.15) is 0 Å². The maximum absolute atomic E-state index is 12.6. The Hall–Kier alpha value is -3.08. The van der Waals surface area contributed by atoms with E-state index < -0.39 is 0 Å². The van der Waals surface area contributed by atoms with Crippen molar-refractivity contribution in [2.24, 2.45) is 5.92 Å². The smallest absolute Gasteiger partial charge is 0.229 e. The first-order chi connectivity index (χ1) is 14.0. The van der Waals surface area contributed by atoms with Crippen molar-refractivity contribution in [1.82, 2.24) is 9.88 Å². The van der Waals surface area contributed by atoms with Crippen LogP contribution in [0.25, 0.3) is 10.9 Å². The lowest BCUT2D eigenvalue weighted by Crippen LogP contribution is -2.30. The van der Waals surface area contributed by atoms with Gasteiger partial charge in [0.25, 0.3) is 0 Å². The molecule has 1 unspecified atom stereocenters. The number of nitrogens with zero attached hydrogens (tertiary/aromatic N) is 1. The summed E-state index contributed by atoms with van der Waals surface area (Å²) in [6.07, 6.45) is 3.07. The molecule has 29 heavy (non-hydrogen) atoms. The molecule has 0 radical (unpaired) electrons. The van der Waals surface area contributed by atoms with Crippen molar-refractivity contribution in [3.63, 3.8) is 0 Å². The number of carbonyl (C=O) groups excluding carboxylic acids is 2. The Morgan fingerprint density at radius 1 is 1.17 bits per heavy atom. The van der Waals surface area contributed by atoms with Crippen LogP contribution in [0.2, 0.25) is 0 Å². The molecule has 2 aromatic carbocycles. The normalized spacial score (nSPS) is 16.7. The summed E-state index contributed by atoms with van der Waals surface area (Å²) in [6, 6.07) is 16.1. The first kappa shape index (κ1) is 19.2. The first-order valence-electron chi connectivity index (χ1n) is 10.2. The molecule has 1 aliphatic heterocycles. The van der Waals surface area contributed by atoms with Gasteiger partial charge in [-0.05, 0) is 41.7 Å². The van der Waals surface area contributed by atoms with Crippen molar-refractivity contribution in [2.75, 3.05) is 18.4 Å². The van der Waals surface area contributed by atoms with Crippen LogP contribution in [0.4, 0.5) is 5.69 Å². The predicted molar refractivity (Wildman–Crippen MR) is 116 cm³/mol. The Labute approximate surface area is 171 Å². The summed E-state index contributed by atoms with van der Waals surface area (Å²) in [6.45, 7) is 5.40. The van der Waals surface area contributed by atoms with E-state index in [9.17, 15) is 9.59 Å². The number of anilines is 1. The summed E-state index contributed by atoms with van der Waals surface area (Å²) in [5.74, 6) is 0.138. The van der Waals surface area contributed by atoms with Crippen LogP contribution in [0.1, 0.15) is 37.3 Å². The molecule has 0 bridgehead atoms. The zero-order valence-corrected chi connectivity index (χ0v) is 16.9. The third kappa shape index (κ3) is 4.19. The lowest BCUT2D eigenvalue weighted by atomic mass is 10.0. The maximum Gasteiger partial charge on any atom is 0.229 e. The quantitative estimate of drug-likeness (QED) is 0.659. The Bertz CT molecular complexity index is 1020. The molecule has 5 heteroatoms. The zero-order chi connectivity index (χ0) is 20.4. The second kappa shape index (κ2) is 8.11. The van der Waals surface area contributed by atoms with E-state index in [1.165, 1.54) is 16.5 Å². The molecule has 150 valence electrons. The molecule has 2 amide bonds. The topological polar surface area (TPSA) is 65.2 Å². The van der Waals surface area contributed by atoms with Crippen molar-refractivity contribution in [3.8, 4) is 0 Å². The molecule has 5 nitrogen and oxygen atoms in total. The van der Waals surface area contributed by atoms with Crippen molar-refractivity contribution < 1.29 is 9.59 Å². The average molecular weight is 389 g/mol. The van der Waals surface area contributed by atoms with Gasteiger partial charge < -0.3 is 15.2 Å². The number of aromatic nitrogens is 1. The minimum absolute atomic E-state index is 0.0557. The van der Waals surface area contributed by atoms with Crippen molar-refractivity contribution >= 4 is 28.4 Å². The van der Waals surface area contributed by atoms with Gasteiger partial charge in [-0.15, -0.1) is 0 Å². The Morgan fingerprint density at radius 2 is 1.93 bits per heavy atom. The highest BCUT2D eigenvalue weighted by Crippen LogP contribution is 2.23. The van der Waals surface area contributed by atoms with E-state index >= 15 is 0 Å². The SMILES string of the molecule is CC(C)c1ccc(NC(=O)C2CC(=O)N(CCc3c[nH]c4ccccc34)C2)cc1. The molecular formula is C24H27N3O2. The average Bonchev–Trinajstić information content (AvgIpc) is 3.30. The standard InChI is InChI=1S/C24H27N3O2/c1-16(2)17-7-9-20(10-8-17)26-24(29)19-13-23(28)27(15-19)12-11-18-14-25-22-6-4-3-5-21(18)22/h3-10,14,16,19,25H,11-13,15H2,1-2H3,(H,26,29). The van der Waals surface area contributed by atoms with Gasteiger partial charge in [-0.3, -0.25) is 9.59 Å². The number of para-hydroxylation sites is 1. The van der Waals surface area contributed by atoms with E-state index in [1.54, 1.807) is 0 Å². The van der Waals surface area contributed by atoms with Crippen LogP contribution >= 0.6 is 0 Å². The molecule has 1 aromatic heterocycles. The maximum atomic E-state index is 12.6. The number of H-pyrrole nitrogens is 1. The van der Waals surface area contributed by atoms with E-state index in [2.05, 4.69) is 30.2 Å². The van der Waals surface area contributed by atoms with Gasteiger partial charge >= 0.3 is 0 Å². The number of likely N-dealkylation sites (tertiary alicyclic amines) is 1. The number of carbonyl (C=O) groups is 2. The zero-order valence-electron chi connectivity index (χ0n) is 16.9. The van der Waals surface area contributed by atoms with E-state index in [0.29, 0.717) is 19.0 Å². The highest BCUT2D eigenvalue weighted by Gasteiger charge is 2.34. The highest BCUT2D eigenvalue weighted by molar-refractivity contribution is 5.97. The summed E-state index contributed by atoms with van der Waals surface area (Å²) in [4.78, 5) is 30.1. The molecule has 1 saturated heterocycles. The third-order valence-electron chi connectivity index (χ3n) is 5.76. The second-order valence-electron chi connectivity index (χ2n) is 8.12. The number of fused-ring (bicyclic) bond motifs is 1. The van der Waals surface area contributed by atoms with Crippen LogP contribution < -0.4 is 5.32 Å². The summed E-state index contributed by atoms with van der Waals surface area (Å²) < 4.78 is 0. The summed E-state index contributed by atoms with van der Waals surface area (Å²) in [5, 5.41) is 4.15. The number of aromatic amines is 1. The van der Waals surface area contributed by atoms with Crippen LogP contribution in [-0.2, 0) is 16.0 Å². The molecule has 1 atom stereocenters. The lowest BCUT2D eigenvalue weighted by molar-refractivity contribution is -0.128. The molecule has 2 heterocycles. The third-order valence-corrected chi connectivity index (χ3v) is 5.76. The Balaban J connectivity index is 1.34. The predicted octanol–water partition coefficient (Wildman–Crippen LogP) is 4.32. The van der Waals surface area contributed by atoms with Gasteiger partial charge in [0.15, 0.2) is 0 Å². The van der Waals surface area contributed by atoms with Gasteiger partial charge in [-0.2, -0.15) is 0 Å². The lowest BCUT2D eigenvalue weighted by Gasteiger charge is -2.16. The minimum atomic E-state index is -0.296. The summed E-state index contributed by atoms with van der Waals surface area (Å²) in [7, 11) is 0. The number of benzene rings is 2. The van der Waals surface area contributed by atoms with E-state index in [1.807, 2.05) is 53.6 Å². The van der Waals surface area contributed by atoms with Gasteiger partial charge in [0.05, 0.1) is 5.92 Å². The summed E-state index contributed by atoms with van der Waals surface area (Å²) >= 11 is 0. The molecular weight excluding hydrogens is 362 g/mol. The largest absolute Gasteiger partial charge is 0.361 e. The number of hydrogen-bond acceptors (Lipinski definition) is 2. The van der Waals surface area contributed by atoms with Crippen molar-refractivity contribution in [1.29, 1.82) is 0 Å². The second-order valence-corrected chi connectivity index (χ2v) is 8.12. The van der Waals surface area contributed by atoms with Crippen molar-refractivity contribution in [3.05, 3.63) is 65.9 Å². The van der Waals surface area contributed by atoms with Crippen LogP contribution in [0.3, 0.4) is 0 Å². The van der Waals surface area contributed by atoms with Gasteiger partial charge in [0.2, 0.25) is 11.8 Å². The summed E-state index contributed by atoms with van der Waals surface area (Å²) in [5.41, 5.74) is 4.33. The van der Waals surface area contributed by atoms with Crippen LogP contribution in [0.15, 0.2) is 54.7 Å². The van der Waals surface area contributed by atoms with Crippen LogP contribution in [0.5, 0.6) is 0 Å². The fourth-order valence-electron chi connectivity index (χ4n) is 3.95. The molecule has 3 aromatic rings. The van der Waals surface area contributed by atoms with Crippen molar-refractivity contribution in [2.45, 2.75) is 32.6 Å². The van der Waals surface area contributed by atoms with Crippen LogP contribution in [0, 0.1) is 5.92 Å². The van der Waals surface area contributed by atoms with E-state index in [-0.39, 0.29) is 24.2 Å². The Morgan fingerprint density at radius 3 is 2.69 bits per heavy atom. The first-order valence-corrected chi connectivity index (χ1v) is 10.2.